The van der Waals surface area contributed by atoms with Crippen LogP contribution in [-0.4, -0.2) is 32.7 Å². The minimum Gasteiger partial charge on any atom is -0.481 e. The number of carbonyl (C=O) groups is 2. The second kappa shape index (κ2) is 16.0. The van der Waals surface area contributed by atoms with Crippen molar-refractivity contribution in [2.24, 2.45) is 23.7 Å². The fourth-order valence-electron chi connectivity index (χ4n) is 4.30. The summed E-state index contributed by atoms with van der Waals surface area (Å²) in [4.78, 5) is 24.3. The maximum atomic E-state index is 12.2. The molecular weight excluding hydrogens is 488 g/mol. The van der Waals surface area contributed by atoms with Crippen LogP contribution in [0, 0.1) is 23.7 Å². The van der Waals surface area contributed by atoms with Gasteiger partial charge in [-0.1, -0.05) is 123 Å². The van der Waals surface area contributed by atoms with Crippen LogP contribution in [0.15, 0.2) is 60.7 Å². The molecule has 2 aromatic carbocycles. The van der Waals surface area contributed by atoms with E-state index < -0.39 is 23.8 Å². The highest BCUT2D eigenvalue weighted by Crippen LogP contribution is 2.44. The highest BCUT2D eigenvalue weighted by molar-refractivity contribution is 8.77. The van der Waals surface area contributed by atoms with Crippen LogP contribution >= 0.6 is 21.6 Å². The van der Waals surface area contributed by atoms with Crippen LogP contribution in [0.3, 0.4) is 0 Å². The fraction of sp³-hybridized carbons (Fsp3) is 0.533. The summed E-state index contributed by atoms with van der Waals surface area (Å²) < 4.78 is 0. The van der Waals surface area contributed by atoms with Crippen molar-refractivity contribution in [2.45, 2.75) is 76.7 Å². The standard InChI is InChI=1S/C30H42O4S2/c1-5-21(3)27(19-25(29(31)32)17-23-13-9-7-10-14-23)35-36-28(22(4)6-2)20-26(30(33)34)18-24-15-11-8-12-16-24/h7-16,21-22,25-28H,5-6,17-20H2,1-4H3,(H,31,32)(H,33,34). The zero-order chi connectivity index (χ0) is 26.5. The molecular formula is C30H42O4S2. The lowest BCUT2D eigenvalue weighted by molar-refractivity contribution is -0.143. The summed E-state index contributed by atoms with van der Waals surface area (Å²) in [6.45, 7) is 8.71. The minimum absolute atomic E-state index is 0.189. The smallest absolute Gasteiger partial charge is 0.306 e. The Bertz CT molecular complexity index is 830. The third kappa shape index (κ3) is 10.2. The third-order valence-corrected chi connectivity index (χ3v) is 11.0. The van der Waals surface area contributed by atoms with Gasteiger partial charge in [-0.25, -0.2) is 0 Å². The Morgan fingerprint density at radius 3 is 1.28 bits per heavy atom. The summed E-state index contributed by atoms with van der Waals surface area (Å²) >= 11 is 0. The van der Waals surface area contributed by atoms with Crippen LogP contribution < -0.4 is 0 Å². The van der Waals surface area contributed by atoms with Crippen molar-refractivity contribution in [3.05, 3.63) is 71.8 Å². The monoisotopic (exact) mass is 530 g/mol. The summed E-state index contributed by atoms with van der Waals surface area (Å²) in [6.07, 6.45) is 4.24. The van der Waals surface area contributed by atoms with Gasteiger partial charge in [-0.3, -0.25) is 9.59 Å². The summed E-state index contributed by atoms with van der Waals surface area (Å²) in [5.41, 5.74) is 2.10. The summed E-state index contributed by atoms with van der Waals surface area (Å²) in [6, 6.07) is 19.7. The van der Waals surface area contributed by atoms with E-state index in [9.17, 15) is 19.8 Å². The molecule has 6 unspecified atom stereocenters. The largest absolute Gasteiger partial charge is 0.481 e. The highest BCUT2D eigenvalue weighted by atomic mass is 33.1. The van der Waals surface area contributed by atoms with E-state index in [0.29, 0.717) is 37.5 Å². The Labute approximate surface area is 225 Å². The van der Waals surface area contributed by atoms with Gasteiger partial charge < -0.3 is 10.2 Å². The third-order valence-electron chi connectivity index (χ3n) is 7.24. The van der Waals surface area contributed by atoms with Gasteiger partial charge in [0.05, 0.1) is 11.8 Å². The molecule has 0 heterocycles. The Hall–Kier alpha value is -1.92. The van der Waals surface area contributed by atoms with Crippen LogP contribution in [0.2, 0.25) is 0 Å². The van der Waals surface area contributed by atoms with Crippen LogP contribution in [0.5, 0.6) is 0 Å². The Kier molecular flexibility index (Phi) is 13.5. The zero-order valence-corrected chi connectivity index (χ0v) is 23.6. The number of carboxylic acids is 2. The minimum atomic E-state index is -0.745. The number of rotatable bonds is 17. The lowest BCUT2D eigenvalue weighted by atomic mass is 9.90. The van der Waals surface area contributed by atoms with E-state index >= 15 is 0 Å². The molecule has 0 radical (unpaired) electrons. The SMILES string of the molecule is CCC(C)C(CC(Cc1ccccc1)C(=O)O)SSC(CC(Cc1ccccc1)C(=O)O)C(C)CC. The molecule has 0 spiro atoms. The molecule has 0 aliphatic carbocycles. The number of carboxylic acid groups (broad SMARTS) is 2. The fourth-order valence-corrected chi connectivity index (χ4v) is 8.44. The molecule has 6 atom stereocenters. The number of hydrogen-bond donors (Lipinski definition) is 2. The van der Waals surface area contributed by atoms with Crippen molar-refractivity contribution >= 4 is 33.5 Å². The van der Waals surface area contributed by atoms with E-state index in [4.69, 9.17) is 0 Å². The first-order valence-electron chi connectivity index (χ1n) is 13.1. The number of hydrogen-bond acceptors (Lipinski definition) is 4. The lowest BCUT2D eigenvalue weighted by Gasteiger charge is -2.30. The average Bonchev–Trinajstić information content (AvgIpc) is 2.88. The summed E-state index contributed by atoms with van der Waals surface area (Å²) in [7, 11) is 3.57. The highest BCUT2D eigenvalue weighted by Gasteiger charge is 2.31. The predicted octanol–water partition coefficient (Wildman–Crippen LogP) is 7.86. The van der Waals surface area contributed by atoms with E-state index in [-0.39, 0.29) is 10.5 Å². The molecule has 36 heavy (non-hydrogen) atoms. The Morgan fingerprint density at radius 2 is 1.00 bits per heavy atom. The topological polar surface area (TPSA) is 74.6 Å². The van der Waals surface area contributed by atoms with Gasteiger partial charge in [-0.15, -0.1) is 0 Å². The van der Waals surface area contributed by atoms with Crippen molar-refractivity contribution in [2.75, 3.05) is 0 Å². The molecule has 0 aromatic heterocycles. The first-order chi connectivity index (χ1) is 17.2. The Morgan fingerprint density at radius 1 is 0.667 bits per heavy atom. The van der Waals surface area contributed by atoms with Gasteiger partial charge in [-0.2, -0.15) is 0 Å². The molecule has 0 fully saturated rings. The molecule has 198 valence electrons. The van der Waals surface area contributed by atoms with E-state index in [1.807, 2.05) is 60.7 Å². The van der Waals surface area contributed by atoms with Crippen molar-refractivity contribution < 1.29 is 19.8 Å². The van der Waals surface area contributed by atoms with Gasteiger partial charge in [0.2, 0.25) is 0 Å². The first kappa shape index (κ1) is 30.3. The molecule has 2 N–H and O–H groups in total. The Balaban J connectivity index is 2.12. The van der Waals surface area contributed by atoms with E-state index in [1.54, 1.807) is 21.6 Å². The predicted molar refractivity (Wildman–Crippen MR) is 153 cm³/mol. The van der Waals surface area contributed by atoms with Crippen LogP contribution in [0.25, 0.3) is 0 Å². The van der Waals surface area contributed by atoms with Crippen LogP contribution in [0.4, 0.5) is 0 Å². The van der Waals surface area contributed by atoms with Gasteiger partial charge >= 0.3 is 11.9 Å². The first-order valence-corrected chi connectivity index (χ1v) is 15.4. The van der Waals surface area contributed by atoms with Gasteiger partial charge in [0.15, 0.2) is 0 Å². The summed E-state index contributed by atoms with van der Waals surface area (Å²) in [5.74, 6) is -1.62. The number of aliphatic carboxylic acids is 2. The van der Waals surface area contributed by atoms with Gasteiger partial charge in [0.25, 0.3) is 0 Å². The molecule has 0 saturated heterocycles. The van der Waals surface area contributed by atoms with Crippen molar-refractivity contribution in [1.29, 1.82) is 0 Å². The molecule has 0 aliphatic heterocycles. The summed E-state index contributed by atoms with van der Waals surface area (Å²) in [5, 5.41) is 20.3. The van der Waals surface area contributed by atoms with Crippen LogP contribution in [0.1, 0.15) is 64.5 Å². The molecule has 2 rings (SSSR count). The molecule has 2 aromatic rings. The lowest BCUT2D eigenvalue weighted by Crippen LogP contribution is -2.27. The quantitative estimate of drug-likeness (QED) is 0.203. The maximum absolute atomic E-state index is 12.2. The van der Waals surface area contributed by atoms with E-state index in [1.165, 1.54) is 0 Å². The second-order valence-corrected chi connectivity index (χ2v) is 12.7. The van der Waals surface area contributed by atoms with Gasteiger partial charge in [0.1, 0.15) is 0 Å². The zero-order valence-electron chi connectivity index (χ0n) is 22.0. The molecule has 0 aliphatic rings. The van der Waals surface area contributed by atoms with E-state index in [0.717, 1.165) is 24.0 Å². The van der Waals surface area contributed by atoms with Crippen molar-refractivity contribution in [3.8, 4) is 0 Å². The van der Waals surface area contributed by atoms with Gasteiger partial charge in [0, 0.05) is 10.5 Å². The van der Waals surface area contributed by atoms with Crippen molar-refractivity contribution in [1.82, 2.24) is 0 Å². The van der Waals surface area contributed by atoms with Gasteiger partial charge in [-0.05, 0) is 48.6 Å². The molecule has 6 heteroatoms. The second-order valence-electron chi connectivity index (χ2n) is 9.96. The maximum Gasteiger partial charge on any atom is 0.306 e. The van der Waals surface area contributed by atoms with E-state index in [2.05, 4.69) is 27.7 Å². The molecule has 0 saturated carbocycles. The normalized spacial score (nSPS) is 16.4. The molecule has 0 bridgehead atoms. The number of benzene rings is 2. The van der Waals surface area contributed by atoms with Crippen LogP contribution in [-0.2, 0) is 22.4 Å². The molecule has 4 nitrogen and oxygen atoms in total. The average molecular weight is 531 g/mol. The van der Waals surface area contributed by atoms with Crippen molar-refractivity contribution in [3.63, 3.8) is 0 Å². The molecule has 0 amide bonds.